The molecule has 4 fully saturated rings. The molecule has 14 heterocycles. The number of hydrogen-bond acceptors (Lipinski definition) is 28. The Kier molecular flexibility index (Phi) is 31.4. The van der Waals surface area contributed by atoms with Crippen LogP contribution in [0, 0.1) is 72.8 Å². The second-order valence-corrected chi connectivity index (χ2v) is 35.3. The summed E-state index contributed by atoms with van der Waals surface area (Å²) in [5.74, 6) is 5.82. The van der Waals surface area contributed by atoms with Gasteiger partial charge in [0.15, 0.2) is 40.7 Å². The van der Waals surface area contributed by atoms with Gasteiger partial charge in [-0.05, 0) is 294 Å². The first kappa shape index (κ1) is 94.0. The average molecular weight is 1870 g/mol. The molecule has 4 aliphatic heterocycles. The van der Waals surface area contributed by atoms with Gasteiger partial charge in [0, 0.05) is 91.8 Å². The number of halogens is 7. The van der Waals surface area contributed by atoms with Crippen molar-refractivity contribution in [3.05, 3.63) is 285 Å². The minimum atomic E-state index is -0.339. The number of rotatable bonds is 24. The summed E-state index contributed by atoms with van der Waals surface area (Å²) in [6.07, 6.45) is 26.9. The average Bonchev–Trinajstić information content (AvgIpc) is 1.07. The number of nitrogens with zero attached hydrogens (tertiary/aromatic N) is 18. The molecule has 0 atom stereocenters. The van der Waals surface area contributed by atoms with Gasteiger partial charge in [-0.25, -0.2) is 48.1 Å². The first-order chi connectivity index (χ1) is 63.8. The molecule has 4 saturated heterocycles. The van der Waals surface area contributed by atoms with E-state index in [1.165, 1.54) is 53.7 Å². The van der Waals surface area contributed by atoms with Crippen LogP contribution in [-0.4, -0.2) is 164 Å². The molecule has 31 nitrogen and oxygen atoms in total. The number of hydrogen-bond donors (Lipinski definition) is 11. The van der Waals surface area contributed by atoms with Crippen molar-refractivity contribution < 1.29 is 17.7 Å². The predicted molar refractivity (Wildman–Crippen MR) is 511 cm³/mol. The van der Waals surface area contributed by atoms with Crippen LogP contribution in [0.15, 0.2) is 156 Å². The van der Waals surface area contributed by atoms with E-state index >= 15 is 8.78 Å². The maximum Gasteiger partial charge on any atom is 0.271 e. The van der Waals surface area contributed by atoms with Crippen molar-refractivity contribution in [2.45, 2.75) is 150 Å². The van der Waals surface area contributed by atoms with E-state index in [-0.39, 0.29) is 40.9 Å². The molecule has 0 amide bonds. The smallest absolute Gasteiger partial charge is 0.271 e. The molecule has 4 aromatic carbocycles. The Morgan fingerprint density at radius 3 is 1.36 bits per heavy atom. The number of aromatic amines is 3. The zero-order valence-electron chi connectivity index (χ0n) is 74.6. The number of benzene rings is 4. The Balaban J connectivity index is 0.000000135. The lowest BCUT2D eigenvalue weighted by atomic mass is 9.85. The van der Waals surface area contributed by atoms with Gasteiger partial charge in [0.2, 0.25) is 17.8 Å². The largest absolute Gasteiger partial charge is 0.360 e. The summed E-state index contributed by atoms with van der Waals surface area (Å²) >= 11 is 24.9. The number of aromatic nitrogens is 18. The van der Waals surface area contributed by atoms with Crippen LogP contribution in [0.5, 0.6) is 0 Å². The summed E-state index contributed by atoms with van der Waals surface area (Å²) in [6, 6.07) is 23.8. The SMILES string of the molecule is Cc1cc(C2CCNCC2)c(C)cc1Cc1ncc(Cl)c(Nc2ccc[nH]c2=O)n1.Cc1cc(Nc2nc(Nc3cc(C)c(C4CCN(C)CC4)cc3F)ncc2Cl)no1.Cc1cc(Nc2nc(Nc3cc(C)c(C4CCN(Cc5cnccn5)CC4)cc3F)ncc2Cl)n[nH]1.Cc1cc(Nc2nc(Nc3cc(C)c(C4CCN(Cc5cncnc5)CC4)cc3F)ncc2Cl)n[nH]1. The van der Waals surface area contributed by atoms with Crippen LogP contribution in [0.1, 0.15) is 165 Å². The van der Waals surface area contributed by atoms with Crippen LogP contribution in [0.4, 0.5) is 94.5 Å². The van der Waals surface area contributed by atoms with Crippen molar-refractivity contribution in [2.24, 2.45) is 0 Å². The highest BCUT2D eigenvalue weighted by molar-refractivity contribution is 6.34. The molecule has 14 aromatic rings. The van der Waals surface area contributed by atoms with Gasteiger partial charge in [-0.2, -0.15) is 25.1 Å². The molecule has 4 aliphatic rings. The van der Waals surface area contributed by atoms with Crippen LogP contribution >= 0.6 is 46.4 Å². The van der Waals surface area contributed by atoms with E-state index in [1.807, 2.05) is 77.3 Å². The van der Waals surface area contributed by atoms with E-state index < -0.39 is 0 Å². The second-order valence-electron chi connectivity index (χ2n) is 33.7. The van der Waals surface area contributed by atoms with Crippen LogP contribution in [0.25, 0.3) is 0 Å². The van der Waals surface area contributed by atoms with Crippen LogP contribution in [-0.2, 0) is 19.5 Å². The quantitative estimate of drug-likeness (QED) is 0.0268. The Morgan fingerprint density at radius 2 is 0.902 bits per heavy atom. The molecular formula is C94H104Cl4F3N29O2. The Bertz CT molecular complexity index is 6130. The number of aryl methyl sites for hydroxylation is 8. The highest BCUT2D eigenvalue weighted by Gasteiger charge is 2.29. The molecule has 0 unspecified atom stereocenters. The zero-order valence-corrected chi connectivity index (χ0v) is 77.6. The lowest BCUT2D eigenvalue weighted by Crippen LogP contribution is -2.33. The maximum absolute atomic E-state index is 15.2. The van der Waals surface area contributed by atoms with Crippen molar-refractivity contribution in [2.75, 3.05) is 96.6 Å². The Labute approximate surface area is 782 Å². The van der Waals surface area contributed by atoms with Gasteiger partial charge in [-0.3, -0.25) is 34.8 Å². The minimum Gasteiger partial charge on any atom is -0.360 e. The Hall–Kier alpha value is -12.7. The normalized spacial score (nSPS) is 14.8. The first-order valence-corrected chi connectivity index (χ1v) is 45.3. The van der Waals surface area contributed by atoms with E-state index in [4.69, 9.17) is 50.9 Å². The summed E-state index contributed by atoms with van der Waals surface area (Å²) in [7, 11) is 2.12. The van der Waals surface area contributed by atoms with Crippen LogP contribution in [0.2, 0.25) is 20.1 Å². The molecule has 0 saturated carbocycles. The summed E-state index contributed by atoms with van der Waals surface area (Å²) < 4.78 is 50.2. The molecule has 132 heavy (non-hydrogen) atoms. The van der Waals surface area contributed by atoms with Crippen LogP contribution in [0.3, 0.4) is 0 Å². The standard InChI is InChI=1S/2C25H27ClFN9.C23H26ClN5O.C21H24ClFN6O/c1-15-9-22(31-25-30-13-20(26)24(33-25)32-23-10-16(2)34-35-23)21(27)11-19(15)17-3-7-36(8-4-17)14-18-12-28-5-6-29-18;1-15-7-22(31-25-30-12-20(26)24(33-25)32-23-8-16(2)34-35-23)21(27)9-19(15)18-3-5-36(6-4-18)13-17-10-28-14-29-11-17;1-14-11-18(16-5-8-25-9-6-16)15(2)10-17(14)12-21-27-13-19(24)22(29-21)28-20-4-3-7-26-23(20)30;1-12-8-18(17(23)10-15(12)14-4-6-29(3)7-5-14)25-21-24-11-16(22)20(27-21)26-19-9-13(2)30-28-19/h5-6,9-13,17H,3-4,7-8,14H2,1-2H3,(H3,30,31,32,33,34,35);7-12,14,18H,3-6,13H2,1-2H3,(H3,30,31,32,33,34,35);3-4,7,10-11,13,16,25H,5-6,8-9,12H2,1-2H3,(H,26,30)(H,27,28,29);8-11,14H,4-7H2,1-3H3,(H2,24,25,26,27,28). The van der Waals surface area contributed by atoms with E-state index in [0.29, 0.717) is 125 Å². The summed E-state index contributed by atoms with van der Waals surface area (Å²) in [5.41, 5.74) is 16.5. The van der Waals surface area contributed by atoms with Gasteiger partial charge >= 0.3 is 0 Å². The lowest BCUT2D eigenvalue weighted by molar-refractivity contribution is 0.202. The molecule has 0 spiro atoms. The fourth-order valence-corrected chi connectivity index (χ4v) is 17.4. The van der Waals surface area contributed by atoms with Gasteiger partial charge in [0.25, 0.3) is 5.56 Å². The van der Waals surface area contributed by atoms with Crippen molar-refractivity contribution >= 4 is 128 Å². The van der Waals surface area contributed by atoms with Crippen molar-refractivity contribution in [1.29, 1.82) is 0 Å². The van der Waals surface area contributed by atoms with Gasteiger partial charge in [-0.1, -0.05) is 63.7 Å². The highest BCUT2D eigenvalue weighted by Crippen LogP contribution is 2.40. The molecular weight excluding hydrogens is 1770 g/mol. The second kappa shape index (κ2) is 44.0. The number of H-pyrrole nitrogens is 3. The van der Waals surface area contributed by atoms with E-state index in [9.17, 15) is 9.18 Å². The zero-order chi connectivity index (χ0) is 92.5. The number of nitrogens with one attached hydrogen (secondary N) is 11. The Morgan fingerprint density at radius 1 is 0.447 bits per heavy atom. The third-order valence-electron chi connectivity index (χ3n) is 23.8. The predicted octanol–water partition coefficient (Wildman–Crippen LogP) is 19.9. The van der Waals surface area contributed by atoms with Gasteiger partial charge in [0.05, 0.1) is 47.5 Å². The molecule has 10 aromatic heterocycles. The fraction of sp³-hybridized carbons (Fsp3) is 0.340. The van der Waals surface area contributed by atoms with Crippen molar-refractivity contribution in [3.8, 4) is 0 Å². The first-order valence-electron chi connectivity index (χ1n) is 43.7. The lowest BCUT2D eigenvalue weighted by Gasteiger charge is -2.32. The number of anilines is 14. The summed E-state index contributed by atoms with van der Waals surface area (Å²) in [6.45, 7) is 25.6. The van der Waals surface area contributed by atoms with E-state index in [0.717, 1.165) is 160 Å². The fourth-order valence-electron chi connectivity index (χ4n) is 16.8. The topological polar surface area (TPSA) is 377 Å². The maximum atomic E-state index is 15.2. The number of pyridine rings is 1. The van der Waals surface area contributed by atoms with Crippen molar-refractivity contribution in [1.82, 2.24) is 110 Å². The molecule has 0 radical (unpaired) electrons. The van der Waals surface area contributed by atoms with Gasteiger partial charge in [-0.15, -0.1) is 0 Å². The summed E-state index contributed by atoms with van der Waals surface area (Å²) in [4.78, 5) is 73.0. The van der Waals surface area contributed by atoms with Gasteiger partial charge < -0.3 is 56.9 Å². The van der Waals surface area contributed by atoms with E-state index in [1.54, 1.807) is 80.6 Å². The van der Waals surface area contributed by atoms with E-state index in [2.05, 4.69) is 181 Å². The van der Waals surface area contributed by atoms with Gasteiger partial charge in [0.1, 0.15) is 61.1 Å². The van der Waals surface area contributed by atoms with Crippen LogP contribution < -0.4 is 48.1 Å². The summed E-state index contributed by atoms with van der Waals surface area (Å²) in [5, 5.41) is 43.6. The number of likely N-dealkylation sites (tertiary alicyclic amines) is 3. The third-order valence-corrected chi connectivity index (χ3v) is 24.9. The molecule has 0 bridgehead atoms. The third kappa shape index (κ3) is 25.1. The van der Waals surface area contributed by atoms with Crippen molar-refractivity contribution in [3.63, 3.8) is 0 Å². The molecule has 686 valence electrons. The number of piperidine rings is 4. The molecule has 38 heteroatoms. The monoisotopic (exact) mass is 1870 g/mol. The highest BCUT2D eigenvalue weighted by atomic mass is 35.5. The molecule has 18 rings (SSSR count). The minimum absolute atomic E-state index is 0.228. The molecule has 0 aliphatic carbocycles. The molecule has 11 N–H and O–H groups in total.